The van der Waals surface area contributed by atoms with E-state index in [0.717, 1.165) is 6.07 Å². The van der Waals surface area contributed by atoms with Gasteiger partial charge in [-0.2, -0.15) is 13.2 Å². The highest BCUT2D eigenvalue weighted by Crippen LogP contribution is 2.33. The first-order chi connectivity index (χ1) is 11.8. The van der Waals surface area contributed by atoms with Crippen molar-refractivity contribution in [3.63, 3.8) is 0 Å². The maximum absolute atomic E-state index is 13.2. The molecule has 4 nitrogen and oxygen atoms in total. The van der Waals surface area contributed by atoms with Gasteiger partial charge in [-0.3, -0.25) is 9.69 Å². The molecule has 0 spiro atoms. The molecular weight excluding hydrogens is 333 g/mol. The number of ether oxygens (including phenoxy) is 1. The van der Waals surface area contributed by atoms with Gasteiger partial charge in [0.15, 0.2) is 0 Å². The van der Waals surface area contributed by atoms with E-state index < -0.39 is 11.7 Å². The highest BCUT2D eigenvalue weighted by atomic mass is 19.4. The third kappa shape index (κ3) is 4.73. The lowest BCUT2D eigenvalue weighted by molar-refractivity contribution is -0.142. The highest BCUT2D eigenvalue weighted by Gasteiger charge is 2.36. The predicted octanol–water partition coefficient (Wildman–Crippen LogP) is 3.16. The van der Waals surface area contributed by atoms with Gasteiger partial charge in [0.1, 0.15) is 6.61 Å². The molecule has 0 bridgehead atoms. The van der Waals surface area contributed by atoms with E-state index >= 15 is 0 Å². The van der Waals surface area contributed by atoms with Crippen LogP contribution in [0.2, 0.25) is 0 Å². The quantitative estimate of drug-likeness (QED) is 0.811. The van der Waals surface area contributed by atoms with Gasteiger partial charge in [0, 0.05) is 38.3 Å². The first-order valence-electron chi connectivity index (χ1n) is 8.52. The standard InChI is InChI=1S/C18H25F3N2O2/c1-4-25-12-17(24)23-10-9-22(13(2)14(23)3)11-15-7-5-6-8-16(15)18(19,20)21/h5-8,13-14H,4,9-12H2,1-3H3/t13-,14-/m1/s1. The van der Waals surface area contributed by atoms with Crippen LogP contribution in [0.15, 0.2) is 24.3 Å². The summed E-state index contributed by atoms with van der Waals surface area (Å²) in [6, 6.07) is 5.54. The lowest BCUT2D eigenvalue weighted by Crippen LogP contribution is -2.59. The topological polar surface area (TPSA) is 32.8 Å². The number of halogens is 3. The molecule has 1 aliphatic rings. The Morgan fingerprint density at radius 1 is 1.20 bits per heavy atom. The molecule has 7 heteroatoms. The smallest absolute Gasteiger partial charge is 0.372 e. The summed E-state index contributed by atoms with van der Waals surface area (Å²) in [6.07, 6.45) is -4.36. The average Bonchev–Trinajstić information content (AvgIpc) is 2.56. The Morgan fingerprint density at radius 2 is 1.88 bits per heavy atom. The van der Waals surface area contributed by atoms with Crippen LogP contribution in [0.5, 0.6) is 0 Å². The molecule has 1 saturated heterocycles. The summed E-state index contributed by atoms with van der Waals surface area (Å²) < 4.78 is 44.7. The zero-order valence-corrected chi connectivity index (χ0v) is 14.8. The fraction of sp³-hybridized carbons (Fsp3) is 0.611. The van der Waals surface area contributed by atoms with E-state index in [-0.39, 0.29) is 36.7 Å². The molecule has 1 fully saturated rings. The first kappa shape index (κ1) is 19.7. The molecule has 0 N–H and O–H groups in total. The second-order valence-corrected chi connectivity index (χ2v) is 6.33. The molecule has 140 valence electrons. The van der Waals surface area contributed by atoms with E-state index in [2.05, 4.69) is 0 Å². The lowest BCUT2D eigenvalue weighted by atomic mass is 10.0. The zero-order chi connectivity index (χ0) is 18.6. The van der Waals surface area contributed by atoms with Gasteiger partial charge in [-0.1, -0.05) is 18.2 Å². The molecule has 25 heavy (non-hydrogen) atoms. The van der Waals surface area contributed by atoms with E-state index in [1.165, 1.54) is 12.1 Å². The van der Waals surface area contributed by atoms with Crippen molar-refractivity contribution >= 4 is 5.91 Å². The molecule has 1 amide bonds. The number of amides is 1. The maximum Gasteiger partial charge on any atom is 0.416 e. The number of rotatable bonds is 5. The number of nitrogens with zero attached hydrogens (tertiary/aromatic N) is 2. The van der Waals surface area contributed by atoms with Gasteiger partial charge in [0.25, 0.3) is 0 Å². The van der Waals surface area contributed by atoms with Crippen molar-refractivity contribution in [2.24, 2.45) is 0 Å². The van der Waals surface area contributed by atoms with Crippen molar-refractivity contribution in [3.8, 4) is 0 Å². The fourth-order valence-electron chi connectivity index (χ4n) is 3.21. The number of hydrogen-bond donors (Lipinski definition) is 0. The largest absolute Gasteiger partial charge is 0.416 e. The van der Waals surface area contributed by atoms with E-state index in [1.54, 1.807) is 11.0 Å². The molecule has 0 aromatic heterocycles. The van der Waals surface area contributed by atoms with E-state index in [9.17, 15) is 18.0 Å². The van der Waals surface area contributed by atoms with Crippen molar-refractivity contribution < 1.29 is 22.7 Å². The van der Waals surface area contributed by atoms with Crippen LogP contribution >= 0.6 is 0 Å². The summed E-state index contributed by atoms with van der Waals surface area (Å²) >= 11 is 0. The third-order valence-electron chi connectivity index (χ3n) is 4.84. The zero-order valence-electron chi connectivity index (χ0n) is 14.8. The summed E-state index contributed by atoms with van der Waals surface area (Å²) in [4.78, 5) is 16.0. The molecule has 1 aromatic carbocycles. The number of piperazine rings is 1. The second kappa shape index (κ2) is 8.19. The number of carbonyl (C=O) groups excluding carboxylic acids is 1. The number of hydrogen-bond acceptors (Lipinski definition) is 3. The minimum Gasteiger partial charge on any atom is -0.372 e. The summed E-state index contributed by atoms with van der Waals surface area (Å²) in [5.41, 5.74) is -0.326. The van der Waals surface area contributed by atoms with Crippen molar-refractivity contribution in [1.29, 1.82) is 0 Å². The predicted molar refractivity (Wildman–Crippen MR) is 89.0 cm³/mol. The van der Waals surface area contributed by atoms with E-state index in [4.69, 9.17) is 4.74 Å². The monoisotopic (exact) mass is 358 g/mol. The number of alkyl halides is 3. The van der Waals surface area contributed by atoms with E-state index in [0.29, 0.717) is 19.7 Å². The Balaban J connectivity index is 2.08. The Morgan fingerprint density at radius 3 is 2.52 bits per heavy atom. The molecule has 0 aliphatic carbocycles. The normalized spacial score (nSPS) is 22.2. The van der Waals surface area contributed by atoms with Gasteiger partial charge in [-0.15, -0.1) is 0 Å². The van der Waals surface area contributed by atoms with Crippen LogP contribution in [0, 0.1) is 0 Å². The van der Waals surface area contributed by atoms with E-state index in [1.807, 2.05) is 25.7 Å². The second-order valence-electron chi connectivity index (χ2n) is 6.33. The number of benzene rings is 1. The van der Waals surface area contributed by atoms with Crippen molar-refractivity contribution in [2.75, 3.05) is 26.3 Å². The minimum atomic E-state index is -4.36. The number of carbonyl (C=O) groups is 1. The summed E-state index contributed by atoms with van der Waals surface area (Å²) in [5.74, 6) is -0.0726. The Labute approximate surface area is 146 Å². The van der Waals surface area contributed by atoms with Crippen LogP contribution in [0.3, 0.4) is 0 Å². The Kier molecular flexibility index (Phi) is 6.46. The van der Waals surface area contributed by atoms with Crippen molar-refractivity contribution in [3.05, 3.63) is 35.4 Å². The van der Waals surface area contributed by atoms with Gasteiger partial charge in [0.05, 0.1) is 5.56 Å². The van der Waals surface area contributed by atoms with Gasteiger partial charge in [0.2, 0.25) is 5.91 Å². The van der Waals surface area contributed by atoms with Gasteiger partial charge in [-0.05, 0) is 32.4 Å². The third-order valence-corrected chi connectivity index (χ3v) is 4.84. The lowest BCUT2D eigenvalue weighted by Gasteiger charge is -2.45. The van der Waals surface area contributed by atoms with Gasteiger partial charge >= 0.3 is 6.18 Å². The average molecular weight is 358 g/mol. The Hall–Kier alpha value is -1.60. The molecule has 1 aromatic rings. The van der Waals surface area contributed by atoms with Crippen LogP contribution < -0.4 is 0 Å². The first-order valence-corrected chi connectivity index (χ1v) is 8.52. The molecule has 1 aliphatic heterocycles. The molecular formula is C18H25F3N2O2. The minimum absolute atomic E-state index is 0.0411. The maximum atomic E-state index is 13.2. The SMILES string of the molecule is CCOCC(=O)N1CCN(Cc2ccccc2C(F)(F)F)[C@H](C)[C@H]1C. The summed E-state index contributed by atoms with van der Waals surface area (Å²) in [7, 11) is 0. The van der Waals surface area contributed by atoms with Crippen LogP contribution in [0.25, 0.3) is 0 Å². The summed E-state index contributed by atoms with van der Waals surface area (Å²) in [6.45, 7) is 7.47. The van der Waals surface area contributed by atoms with Crippen LogP contribution in [0.1, 0.15) is 31.9 Å². The molecule has 0 radical (unpaired) electrons. The molecule has 2 atom stereocenters. The van der Waals surface area contributed by atoms with Crippen LogP contribution in [-0.2, 0) is 22.3 Å². The molecule has 1 heterocycles. The summed E-state index contributed by atoms with van der Waals surface area (Å²) in [5, 5.41) is 0. The molecule has 0 saturated carbocycles. The fourth-order valence-corrected chi connectivity index (χ4v) is 3.21. The molecule has 0 unspecified atom stereocenters. The molecule has 2 rings (SSSR count). The van der Waals surface area contributed by atoms with Crippen molar-refractivity contribution in [1.82, 2.24) is 9.80 Å². The van der Waals surface area contributed by atoms with Gasteiger partial charge < -0.3 is 9.64 Å². The van der Waals surface area contributed by atoms with Gasteiger partial charge in [-0.25, -0.2) is 0 Å². The highest BCUT2D eigenvalue weighted by molar-refractivity contribution is 5.78. The Bertz CT molecular complexity index is 592. The van der Waals surface area contributed by atoms with Crippen LogP contribution in [-0.4, -0.2) is 54.1 Å². The van der Waals surface area contributed by atoms with Crippen LogP contribution in [0.4, 0.5) is 13.2 Å². The van der Waals surface area contributed by atoms with Crippen molar-refractivity contribution in [2.45, 2.75) is 45.6 Å².